The Balaban J connectivity index is 1.59. The van der Waals surface area contributed by atoms with Crippen LogP contribution in [0, 0.1) is 34.5 Å². The molecule has 4 rings (SSSR count). The number of hydrogen-bond acceptors (Lipinski definition) is 2. The van der Waals surface area contributed by atoms with Gasteiger partial charge in [-0.1, -0.05) is 25.5 Å². The summed E-state index contributed by atoms with van der Waals surface area (Å²) in [5.41, 5.74) is 2.90. The molecule has 4 aliphatic rings. The van der Waals surface area contributed by atoms with Gasteiger partial charge in [0.05, 0.1) is 0 Å². The van der Waals surface area contributed by atoms with Crippen molar-refractivity contribution in [2.24, 2.45) is 34.5 Å². The summed E-state index contributed by atoms with van der Waals surface area (Å²) in [5, 5.41) is 3.59. The fourth-order valence-electron chi connectivity index (χ4n) is 8.15. The monoisotopic (exact) mass is 358 g/mol. The zero-order chi connectivity index (χ0) is 18.7. The second kappa shape index (κ2) is 6.62. The topological polar surface area (TPSA) is 15.3 Å². The standard InChI is InChI=1S/C24H42N2/c1-16(25-4)20-9-10-21-19-8-7-17-15-18(26(5)6)11-13-23(17,2)22(19)12-14-24(20,21)3/h7,16,18-22,25H,8-15H2,1-6H3. The smallest absolute Gasteiger partial charge is 0.0127 e. The van der Waals surface area contributed by atoms with Crippen LogP contribution in [0.1, 0.15) is 72.1 Å². The maximum atomic E-state index is 3.59. The molecule has 4 aliphatic carbocycles. The van der Waals surface area contributed by atoms with Crippen molar-refractivity contribution in [3.63, 3.8) is 0 Å². The van der Waals surface area contributed by atoms with Crippen molar-refractivity contribution in [2.45, 2.75) is 84.2 Å². The first-order valence-corrected chi connectivity index (χ1v) is 11.3. The molecule has 0 aliphatic heterocycles. The SMILES string of the molecule is CNC(C)C1CCC2C3CC=C4CC(N(C)C)CCC4(C)C3CCC12C. The van der Waals surface area contributed by atoms with Crippen LogP contribution in [-0.4, -0.2) is 38.1 Å². The van der Waals surface area contributed by atoms with Crippen molar-refractivity contribution in [3.8, 4) is 0 Å². The first-order chi connectivity index (χ1) is 12.3. The van der Waals surface area contributed by atoms with Gasteiger partial charge in [0.25, 0.3) is 0 Å². The molecular formula is C24H42N2. The van der Waals surface area contributed by atoms with Crippen molar-refractivity contribution in [1.29, 1.82) is 0 Å². The lowest BCUT2D eigenvalue weighted by atomic mass is 9.47. The fraction of sp³-hybridized carbons (Fsp3) is 0.917. The summed E-state index contributed by atoms with van der Waals surface area (Å²) in [6, 6.07) is 1.44. The third kappa shape index (κ3) is 2.65. The molecule has 0 radical (unpaired) electrons. The molecule has 3 fully saturated rings. The highest BCUT2D eigenvalue weighted by Gasteiger charge is 2.59. The number of hydrogen-bond donors (Lipinski definition) is 1. The number of nitrogens with one attached hydrogen (secondary N) is 1. The molecule has 0 bridgehead atoms. The van der Waals surface area contributed by atoms with E-state index >= 15 is 0 Å². The van der Waals surface area contributed by atoms with Crippen LogP contribution < -0.4 is 5.32 Å². The van der Waals surface area contributed by atoms with E-state index < -0.39 is 0 Å². The van der Waals surface area contributed by atoms with Gasteiger partial charge in [0.1, 0.15) is 0 Å². The molecule has 0 heterocycles. The van der Waals surface area contributed by atoms with E-state index in [2.05, 4.69) is 58.2 Å². The Morgan fingerprint density at radius 3 is 2.54 bits per heavy atom. The minimum Gasteiger partial charge on any atom is -0.317 e. The summed E-state index contributed by atoms with van der Waals surface area (Å²) in [6.07, 6.45) is 14.1. The molecule has 148 valence electrons. The Bertz CT molecular complexity index is 567. The van der Waals surface area contributed by atoms with Gasteiger partial charge in [0.15, 0.2) is 0 Å². The van der Waals surface area contributed by atoms with Crippen molar-refractivity contribution >= 4 is 0 Å². The van der Waals surface area contributed by atoms with Crippen molar-refractivity contribution < 1.29 is 0 Å². The highest BCUT2D eigenvalue weighted by atomic mass is 15.1. The number of fused-ring (bicyclic) bond motifs is 5. The Morgan fingerprint density at radius 1 is 1.08 bits per heavy atom. The van der Waals surface area contributed by atoms with Crippen molar-refractivity contribution in [2.75, 3.05) is 21.1 Å². The van der Waals surface area contributed by atoms with Gasteiger partial charge >= 0.3 is 0 Å². The molecule has 0 aromatic heterocycles. The fourth-order valence-corrected chi connectivity index (χ4v) is 8.15. The van der Waals surface area contributed by atoms with Crippen LogP contribution in [0.25, 0.3) is 0 Å². The van der Waals surface area contributed by atoms with E-state index in [-0.39, 0.29) is 0 Å². The summed E-state index contributed by atoms with van der Waals surface area (Å²) in [5.74, 6) is 3.74. The van der Waals surface area contributed by atoms with Crippen LogP contribution >= 0.6 is 0 Å². The van der Waals surface area contributed by atoms with Gasteiger partial charge in [-0.3, -0.25) is 0 Å². The predicted molar refractivity (Wildman–Crippen MR) is 111 cm³/mol. The Hall–Kier alpha value is -0.340. The minimum absolute atomic E-state index is 0.503. The second-order valence-electron chi connectivity index (χ2n) is 10.9. The van der Waals surface area contributed by atoms with E-state index in [0.717, 1.165) is 29.7 Å². The highest BCUT2D eigenvalue weighted by Crippen LogP contribution is 2.66. The van der Waals surface area contributed by atoms with Crippen LogP contribution in [0.2, 0.25) is 0 Å². The van der Waals surface area contributed by atoms with Crippen molar-refractivity contribution in [3.05, 3.63) is 11.6 Å². The third-order valence-electron chi connectivity index (χ3n) is 9.94. The largest absolute Gasteiger partial charge is 0.317 e. The lowest BCUT2D eigenvalue weighted by Crippen LogP contribution is -2.52. The number of allylic oxidation sites excluding steroid dienone is 1. The van der Waals surface area contributed by atoms with E-state index in [1.165, 1.54) is 51.4 Å². The summed E-state index contributed by atoms with van der Waals surface area (Å²) in [7, 11) is 6.70. The van der Waals surface area contributed by atoms with Crippen LogP contribution in [0.15, 0.2) is 11.6 Å². The van der Waals surface area contributed by atoms with Gasteiger partial charge in [0.2, 0.25) is 0 Å². The number of nitrogens with zero attached hydrogens (tertiary/aromatic N) is 1. The maximum absolute atomic E-state index is 3.59. The minimum atomic E-state index is 0.503. The predicted octanol–water partition coefficient (Wildman–Crippen LogP) is 5.10. The maximum Gasteiger partial charge on any atom is 0.0127 e. The van der Waals surface area contributed by atoms with Gasteiger partial charge in [-0.2, -0.15) is 0 Å². The molecule has 8 atom stereocenters. The Morgan fingerprint density at radius 2 is 1.85 bits per heavy atom. The van der Waals surface area contributed by atoms with Crippen LogP contribution in [0.5, 0.6) is 0 Å². The first kappa shape index (κ1) is 19.0. The second-order valence-corrected chi connectivity index (χ2v) is 10.9. The normalized spacial score (nSPS) is 49.2. The summed E-state index contributed by atoms with van der Waals surface area (Å²) in [4.78, 5) is 2.46. The molecular weight excluding hydrogens is 316 g/mol. The molecule has 8 unspecified atom stereocenters. The molecule has 0 saturated heterocycles. The lowest BCUT2D eigenvalue weighted by molar-refractivity contribution is -0.0491. The van der Waals surface area contributed by atoms with Gasteiger partial charge in [-0.15, -0.1) is 0 Å². The van der Waals surface area contributed by atoms with Crippen LogP contribution in [-0.2, 0) is 0 Å². The molecule has 2 heteroatoms. The molecule has 0 spiro atoms. The van der Waals surface area contributed by atoms with E-state index in [9.17, 15) is 0 Å². The van der Waals surface area contributed by atoms with Crippen LogP contribution in [0.3, 0.4) is 0 Å². The van der Waals surface area contributed by atoms with E-state index in [0.29, 0.717) is 16.9 Å². The summed E-state index contributed by atoms with van der Waals surface area (Å²) >= 11 is 0. The van der Waals surface area contributed by atoms with Gasteiger partial charge in [-0.05, 0) is 114 Å². The van der Waals surface area contributed by atoms with E-state index in [1.807, 2.05) is 5.57 Å². The summed E-state index contributed by atoms with van der Waals surface area (Å²) in [6.45, 7) is 7.73. The summed E-state index contributed by atoms with van der Waals surface area (Å²) < 4.78 is 0. The average Bonchev–Trinajstić information content (AvgIpc) is 2.97. The Labute approximate surface area is 162 Å². The molecule has 26 heavy (non-hydrogen) atoms. The quantitative estimate of drug-likeness (QED) is 0.706. The molecule has 3 saturated carbocycles. The third-order valence-corrected chi connectivity index (χ3v) is 9.94. The zero-order valence-corrected chi connectivity index (χ0v) is 18.1. The molecule has 0 aromatic rings. The van der Waals surface area contributed by atoms with E-state index in [1.54, 1.807) is 0 Å². The zero-order valence-electron chi connectivity index (χ0n) is 18.1. The number of rotatable bonds is 3. The molecule has 1 N–H and O–H groups in total. The first-order valence-electron chi connectivity index (χ1n) is 11.3. The van der Waals surface area contributed by atoms with Gasteiger partial charge < -0.3 is 10.2 Å². The average molecular weight is 359 g/mol. The molecule has 0 amide bonds. The highest BCUT2D eigenvalue weighted by molar-refractivity contribution is 5.26. The van der Waals surface area contributed by atoms with Gasteiger partial charge in [0, 0.05) is 12.1 Å². The van der Waals surface area contributed by atoms with E-state index in [4.69, 9.17) is 0 Å². The molecule has 0 aromatic carbocycles. The lowest BCUT2D eigenvalue weighted by Gasteiger charge is -2.59. The Kier molecular flexibility index (Phi) is 4.84. The van der Waals surface area contributed by atoms with Crippen molar-refractivity contribution in [1.82, 2.24) is 10.2 Å². The molecule has 2 nitrogen and oxygen atoms in total. The van der Waals surface area contributed by atoms with Gasteiger partial charge in [-0.25, -0.2) is 0 Å². The van der Waals surface area contributed by atoms with Crippen LogP contribution in [0.4, 0.5) is 0 Å².